The Balaban J connectivity index is 1.42. The maximum Gasteiger partial charge on any atom is 0.285 e. The van der Waals surface area contributed by atoms with Crippen LogP contribution < -0.4 is 16.2 Å². The minimum Gasteiger partial charge on any atom is -0.359 e. The van der Waals surface area contributed by atoms with Crippen molar-refractivity contribution in [2.45, 2.75) is 55.5 Å². The maximum absolute atomic E-state index is 12.7. The van der Waals surface area contributed by atoms with Crippen molar-refractivity contribution < 1.29 is 13.2 Å². The summed E-state index contributed by atoms with van der Waals surface area (Å²) >= 11 is 5.25. The van der Waals surface area contributed by atoms with E-state index < -0.39 is 16.1 Å². The number of carbonyl (C=O) groups excluding carboxylic acids is 1. The minimum absolute atomic E-state index is 0.191. The number of nitrogens with zero attached hydrogens (tertiary/aromatic N) is 2. The van der Waals surface area contributed by atoms with E-state index >= 15 is 0 Å². The van der Waals surface area contributed by atoms with E-state index in [1.807, 2.05) is 0 Å². The molecule has 150 valence electrons. The van der Waals surface area contributed by atoms with Crippen molar-refractivity contribution in [1.82, 2.24) is 21.1 Å². The smallest absolute Gasteiger partial charge is 0.285 e. The highest BCUT2D eigenvalue weighted by molar-refractivity contribution is 7.90. The number of nitrogens with one attached hydrogen (secondary N) is 3. The fourth-order valence-corrected chi connectivity index (χ4v) is 5.52. The number of thiocarbonyl (C=S) groups is 1. The molecule has 1 saturated heterocycles. The molecule has 3 N–H and O–H groups in total. The molecular weight excluding hydrogens is 398 g/mol. The number of hydrogen-bond acceptors (Lipinski definition) is 5. The van der Waals surface area contributed by atoms with Gasteiger partial charge >= 0.3 is 0 Å². The van der Waals surface area contributed by atoms with E-state index in [-0.39, 0.29) is 10.8 Å². The van der Waals surface area contributed by atoms with Crippen molar-refractivity contribution in [2.75, 3.05) is 6.54 Å². The molecule has 3 aliphatic rings. The fourth-order valence-electron chi connectivity index (χ4n) is 4.08. The van der Waals surface area contributed by atoms with Crippen molar-refractivity contribution in [2.24, 2.45) is 4.40 Å². The number of fused-ring (bicyclic) bond motifs is 1. The van der Waals surface area contributed by atoms with Gasteiger partial charge in [0, 0.05) is 18.2 Å². The molecule has 1 aromatic rings. The van der Waals surface area contributed by atoms with Crippen molar-refractivity contribution in [3.8, 4) is 0 Å². The summed E-state index contributed by atoms with van der Waals surface area (Å²) in [4.78, 5) is 14.7. The largest absolute Gasteiger partial charge is 0.359 e. The molecule has 1 aliphatic carbocycles. The molecule has 2 fully saturated rings. The summed E-state index contributed by atoms with van der Waals surface area (Å²) < 4.78 is 28.6. The third-order valence-electron chi connectivity index (χ3n) is 5.43. The Morgan fingerprint density at radius 2 is 1.86 bits per heavy atom. The van der Waals surface area contributed by atoms with Crippen molar-refractivity contribution in [3.63, 3.8) is 0 Å². The Morgan fingerprint density at radius 1 is 1.11 bits per heavy atom. The van der Waals surface area contributed by atoms with Gasteiger partial charge in [0.25, 0.3) is 15.9 Å². The zero-order valence-corrected chi connectivity index (χ0v) is 17.0. The molecule has 0 aromatic heterocycles. The van der Waals surface area contributed by atoms with Gasteiger partial charge in [-0.25, -0.2) is 0 Å². The van der Waals surface area contributed by atoms with Gasteiger partial charge in [-0.1, -0.05) is 25.0 Å². The maximum atomic E-state index is 12.7. The van der Waals surface area contributed by atoms with Gasteiger partial charge in [-0.15, -0.1) is 4.40 Å². The molecule has 28 heavy (non-hydrogen) atoms. The number of rotatable bonds is 2. The number of hydrogen-bond donors (Lipinski definition) is 3. The minimum atomic E-state index is -3.71. The van der Waals surface area contributed by atoms with Crippen LogP contribution >= 0.6 is 12.2 Å². The summed E-state index contributed by atoms with van der Waals surface area (Å²) in [5.41, 5.74) is 5.98. The van der Waals surface area contributed by atoms with E-state index in [1.54, 1.807) is 29.2 Å². The molecule has 10 heteroatoms. The summed E-state index contributed by atoms with van der Waals surface area (Å²) in [5.74, 6) is 0.0949. The summed E-state index contributed by atoms with van der Waals surface area (Å²) in [7, 11) is -3.71. The van der Waals surface area contributed by atoms with Gasteiger partial charge < -0.3 is 10.2 Å². The summed E-state index contributed by atoms with van der Waals surface area (Å²) in [6.45, 7) is 0.575. The van der Waals surface area contributed by atoms with Crippen LogP contribution in [0.4, 0.5) is 0 Å². The summed E-state index contributed by atoms with van der Waals surface area (Å²) in [6, 6.07) is 6.57. The molecular formula is C18H23N5O3S2. The fraction of sp³-hybridized carbons (Fsp3) is 0.500. The molecule has 1 saturated carbocycles. The molecule has 4 rings (SSSR count). The standard InChI is InChI=1S/C18H23N5O3S2/c24-17(20-21-18(27)19-12-6-1-2-7-12)14-9-5-11-23(14)16-13-8-3-4-10-15(13)28(25,26)22-16/h3-4,8,10,12,14H,1-2,5-7,9,11H2,(H,20,24)(H2,19,21,27)/t14-/m0/s1. The second kappa shape index (κ2) is 7.67. The Morgan fingerprint density at radius 3 is 2.64 bits per heavy atom. The number of amidine groups is 1. The second-order valence-electron chi connectivity index (χ2n) is 7.31. The lowest BCUT2D eigenvalue weighted by Crippen LogP contribution is -2.54. The zero-order chi connectivity index (χ0) is 19.7. The topological polar surface area (TPSA) is 103 Å². The first kappa shape index (κ1) is 19.1. The molecule has 1 atom stereocenters. The lowest BCUT2D eigenvalue weighted by atomic mass is 10.1. The highest BCUT2D eigenvalue weighted by Gasteiger charge is 2.39. The quantitative estimate of drug-likeness (QED) is 0.484. The van der Waals surface area contributed by atoms with Gasteiger partial charge in [0.15, 0.2) is 10.9 Å². The number of benzene rings is 1. The molecule has 0 radical (unpaired) electrons. The first-order valence-electron chi connectivity index (χ1n) is 9.53. The summed E-state index contributed by atoms with van der Waals surface area (Å²) in [5, 5.41) is 3.60. The van der Waals surface area contributed by atoms with E-state index in [4.69, 9.17) is 12.2 Å². The van der Waals surface area contributed by atoms with Crippen LogP contribution in [0.25, 0.3) is 0 Å². The third-order valence-corrected chi connectivity index (χ3v) is 6.97. The number of carbonyl (C=O) groups is 1. The van der Waals surface area contributed by atoms with E-state index in [2.05, 4.69) is 20.6 Å². The van der Waals surface area contributed by atoms with Crippen molar-refractivity contribution in [3.05, 3.63) is 29.8 Å². The molecule has 1 amide bonds. The summed E-state index contributed by atoms with van der Waals surface area (Å²) in [6.07, 6.45) is 5.95. The normalized spacial score (nSPS) is 23.2. The van der Waals surface area contributed by atoms with Gasteiger partial charge in [-0.05, 0) is 50.0 Å². The van der Waals surface area contributed by atoms with Crippen LogP contribution in [0.5, 0.6) is 0 Å². The molecule has 0 unspecified atom stereocenters. The van der Waals surface area contributed by atoms with E-state index in [1.165, 1.54) is 12.8 Å². The van der Waals surface area contributed by atoms with Crippen LogP contribution in [0, 0.1) is 0 Å². The van der Waals surface area contributed by atoms with Crippen molar-refractivity contribution >= 4 is 39.1 Å². The average Bonchev–Trinajstić information content (AvgIpc) is 3.40. The molecule has 1 aromatic carbocycles. The van der Waals surface area contributed by atoms with Crippen LogP contribution in [0.15, 0.2) is 33.6 Å². The predicted octanol–water partition coefficient (Wildman–Crippen LogP) is 1.04. The lowest BCUT2D eigenvalue weighted by molar-refractivity contribution is -0.124. The number of likely N-dealkylation sites (tertiary alicyclic amines) is 1. The van der Waals surface area contributed by atoms with Gasteiger partial charge in [0.05, 0.1) is 0 Å². The van der Waals surface area contributed by atoms with Gasteiger partial charge in [-0.3, -0.25) is 15.6 Å². The van der Waals surface area contributed by atoms with Crippen LogP contribution in [0.2, 0.25) is 0 Å². The Hall–Kier alpha value is -2.20. The molecule has 0 spiro atoms. The van der Waals surface area contributed by atoms with E-state index in [9.17, 15) is 13.2 Å². The van der Waals surface area contributed by atoms with Crippen LogP contribution in [-0.4, -0.2) is 48.8 Å². The monoisotopic (exact) mass is 421 g/mol. The second-order valence-corrected chi connectivity index (χ2v) is 9.29. The molecule has 2 aliphatic heterocycles. The predicted molar refractivity (Wildman–Crippen MR) is 109 cm³/mol. The van der Waals surface area contributed by atoms with Crippen molar-refractivity contribution in [1.29, 1.82) is 0 Å². The molecule has 2 heterocycles. The molecule has 8 nitrogen and oxygen atoms in total. The zero-order valence-electron chi connectivity index (χ0n) is 15.3. The SMILES string of the molecule is O=C(NNC(=S)NC1CCCC1)[C@@H]1CCCN1C1=NS(=O)(=O)c2ccccc21. The first-order chi connectivity index (χ1) is 13.5. The highest BCUT2D eigenvalue weighted by Crippen LogP contribution is 2.31. The van der Waals surface area contributed by atoms with Crippen LogP contribution in [0.1, 0.15) is 44.1 Å². The molecule has 0 bridgehead atoms. The van der Waals surface area contributed by atoms with Gasteiger partial charge in [-0.2, -0.15) is 8.42 Å². The number of hydrazine groups is 1. The average molecular weight is 422 g/mol. The first-order valence-corrected chi connectivity index (χ1v) is 11.4. The number of amides is 1. The van der Waals surface area contributed by atoms with E-state index in [0.29, 0.717) is 35.5 Å². The van der Waals surface area contributed by atoms with Gasteiger partial charge in [0.1, 0.15) is 10.9 Å². The van der Waals surface area contributed by atoms with Crippen LogP contribution in [-0.2, 0) is 14.8 Å². The third kappa shape index (κ3) is 3.70. The Bertz CT molecular complexity index is 925. The van der Waals surface area contributed by atoms with E-state index in [0.717, 1.165) is 19.3 Å². The van der Waals surface area contributed by atoms with Crippen LogP contribution in [0.3, 0.4) is 0 Å². The Labute approximate surface area is 169 Å². The Kier molecular flexibility index (Phi) is 5.24. The lowest BCUT2D eigenvalue weighted by Gasteiger charge is -2.26. The highest BCUT2D eigenvalue weighted by atomic mass is 32.2. The van der Waals surface area contributed by atoms with Gasteiger partial charge in [0.2, 0.25) is 0 Å². The number of sulfonamides is 1.